The summed E-state index contributed by atoms with van der Waals surface area (Å²) in [5.74, 6) is -2.44. The molecule has 3 aliphatic heterocycles. The molecule has 0 spiro atoms. The van der Waals surface area contributed by atoms with Crippen molar-refractivity contribution >= 4 is 29.0 Å². The summed E-state index contributed by atoms with van der Waals surface area (Å²) in [6, 6.07) is 20.1. The fraction of sp³-hybridized carbons (Fsp3) is 0.207. The molecule has 4 aliphatic rings. The number of hydrogen-bond acceptors (Lipinski definition) is 6. The van der Waals surface area contributed by atoms with Gasteiger partial charge in [0.15, 0.2) is 11.5 Å². The van der Waals surface area contributed by atoms with Gasteiger partial charge in [-0.05, 0) is 54.0 Å². The lowest BCUT2D eigenvalue weighted by Crippen LogP contribution is -2.42. The molecule has 3 aromatic carbocycles. The van der Waals surface area contributed by atoms with Crippen molar-refractivity contribution < 1.29 is 28.6 Å². The van der Waals surface area contributed by atoms with Gasteiger partial charge in [-0.3, -0.25) is 14.4 Å². The maximum Gasteiger partial charge on any atom is 0.319 e. The molecule has 4 atom stereocenters. The molecule has 0 N–H and O–H groups in total. The Morgan fingerprint density at radius 3 is 2.42 bits per heavy atom. The van der Waals surface area contributed by atoms with Crippen LogP contribution in [0.2, 0.25) is 0 Å². The zero-order valence-electron chi connectivity index (χ0n) is 19.3. The van der Waals surface area contributed by atoms with E-state index in [2.05, 4.69) is 0 Å². The van der Waals surface area contributed by atoms with Gasteiger partial charge in [0.2, 0.25) is 18.6 Å². The summed E-state index contributed by atoms with van der Waals surface area (Å²) >= 11 is 0. The molecule has 0 radical (unpaired) electrons. The number of nitrogens with zero attached hydrogens (tertiary/aromatic N) is 1. The minimum absolute atomic E-state index is 0.135. The number of fused-ring (bicyclic) bond motifs is 6. The van der Waals surface area contributed by atoms with E-state index in [1.165, 1.54) is 4.90 Å². The van der Waals surface area contributed by atoms with Crippen LogP contribution in [0, 0.1) is 24.7 Å². The number of hydrogen-bond donors (Lipinski definition) is 0. The maximum atomic E-state index is 13.9. The molecule has 178 valence electrons. The summed E-state index contributed by atoms with van der Waals surface area (Å²) in [5.41, 5.74) is 3.77. The van der Waals surface area contributed by atoms with Crippen LogP contribution in [0.3, 0.4) is 0 Å². The Morgan fingerprint density at radius 1 is 0.806 bits per heavy atom. The van der Waals surface area contributed by atoms with Gasteiger partial charge in [-0.25, -0.2) is 4.90 Å². The van der Waals surface area contributed by atoms with Crippen molar-refractivity contribution in [3.8, 4) is 17.2 Å². The molecule has 7 nitrogen and oxygen atoms in total. The van der Waals surface area contributed by atoms with Crippen molar-refractivity contribution in [1.82, 2.24) is 0 Å². The standard InChI is InChI=1S/C29H21NO6/c1-15-7-9-18-20-13-19(16-8-10-21-23(12-16)35-14-34-21)24-26(25(20)29(33)36-22(18)11-15)28(32)30(27(24)31)17-5-3-2-4-6-17/h2-13,19,24-26H,14H2,1H3/t19-,24+,25-,26-/m1/s1. The number of rotatable bonds is 2. The lowest BCUT2D eigenvalue weighted by molar-refractivity contribution is -0.142. The molecular weight excluding hydrogens is 458 g/mol. The van der Waals surface area contributed by atoms with E-state index < -0.39 is 29.6 Å². The number of anilines is 1. The predicted molar refractivity (Wildman–Crippen MR) is 130 cm³/mol. The molecule has 0 saturated carbocycles. The minimum atomic E-state index is -0.880. The summed E-state index contributed by atoms with van der Waals surface area (Å²) in [4.78, 5) is 42.4. The first-order valence-corrected chi connectivity index (χ1v) is 11.9. The first-order chi connectivity index (χ1) is 17.5. The Kier molecular flexibility index (Phi) is 4.39. The molecular formula is C29H21NO6. The van der Waals surface area contributed by atoms with Gasteiger partial charge in [-0.15, -0.1) is 0 Å². The normalized spacial score (nSPS) is 25.6. The molecule has 7 rings (SSSR count). The van der Waals surface area contributed by atoms with Gasteiger partial charge in [-0.2, -0.15) is 0 Å². The SMILES string of the molecule is Cc1ccc2c(c1)OC(=O)[C@@H]1C2=C[C@H](c2ccc3c(c2)OCO3)[C@@H]2C(=O)N(c3ccccc3)C(=O)[C@@H]12. The van der Waals surface area contributed by atoms with Gasteiger partial charge in [-0.1, -0.05) is 42.5 Å². The second kappa shape index (κ2) is 7.55. The van der Waals surface area contributed by atoms with E-state index in [0.29, 0.717) is 22.9 Å². The van der Waals surface area contributed by atoms with Crippen LogP contribution in [0.1, 0.15) is 22.6 Å². The van der Waals surface area contributed by atoms with Gasteiger partial charge in [0.05, 0.1) is 23.4 Å². The van der Waals surface area contributed by atoms with Crippen molar-refractivity contribution in [3.63, 3.8) is 0 Å². The third-order valence-electron chi connectivity index (χ3n) is 7.55. The van der Waals surface area contributed by atoms with Crippen molar-refractivity contribution in [1.29, 1.82) is 0 Å². The third-order valence-corrected chi connectivity index (χ3v) is 7.55. The summed E-state index contributed by atoms with van der Waals surface area (Å²) < 4.78 is 16.8. The first-order valence-electron chi connectivity index (χ1n) is 11.9. The Morgan fingerprint density at radius 2 is 1.58 bits per heavy atom. The topological polar surface area (TPSA) is 82.1 Å². The highest BCUT2D eigenvalue weighted by Crippen LogP contribution is 2.55. The average molecular weight is 479 g/mol. The molecule has 7 heteroatoms. The van der Waals surface area contributed by atoms with Crippen LogP contribution < -0.4 is 19.1 Å². The molecule has 1 aliphatic carbocycles. The first kappa shape index (κ1) is 20.9. The predicted octanol–water partition coefficient (Wildman–Crippen LogP) is 4.25. The van der Waals surface area contributed by atoms with Crippen LogP contribution in [0.25, 0.3) is 5.57 Å². The zero-order chi connectivity index (χ0) is 24.6. The van der Waals surface area contributed by atoms with Crippen LogP contribution >= 0.6 is 0 Å². The Hall–Kier alpha value is -4.39. The highest BCUT2D eigenvalue weighted by atomic mass is 16.7. The van der Waals surface area contributed by atoms with E-state index in [1.54, 1.807) is 24.3 Å². The van der Waals surface area contributed by atoms with Gasteiger partial charge < -0.3 is 14.2 Å². The number of carbonyl (C=O) groups excluding carboxylic acids is 3. The number of para-hydroxylation sites is 1. The van der Waals surface area contributed by atoms with Crippen molar-refractivity contribution in [3.05, 3.63) is 89.5 Å². The number of benzene rings is 3. The lowest BCUT2D eigenvalue weighted by Gasteiger charge is -2.38. The van der Waals surface area contributed by atoms with E-state index in [4.69, 9.17) is 14.2 Å². The molecule has 1 saturated heterocycles. The number of ether oxygens (including phenoxy) is 3. The number of aryl methyl sites for hydroxylation is 1. The van der Waals surface area contributed by atoms with Gasteiger partial charge in [0, 0.05) is 11.5 Å². The Balaban J connectivity index is 1.43. The molecule has 2 amide bonds. The van der Waals surface area contributed by atoms with Crippen LogP contribution in [0.4, 0.5) is 5.69 Å². The van der Waals surface area contributed by atoms with E-state index in [9.17, 15) is 14.4 Å². The highest BCUT2D eigenvalue weighted by Gasteiger charge is 2.60. The van der Waals surface area contributed by atoms with Gasteiger partial charge in [0.1, 0.15) is 5.75 Å². The lowest BCUT2D eigenvalue weighted by atomic mass is 9.64. The largest absolute Gasteiger partial charge is 0.454 e. The molecule has 36 heavy (non-hydrogen) atoms. The smallest absolute Gasteiger partial charge is 0.319 e. The van der Waals surface area contributed by atoms with Crippen molar-refractivity contribution in [2.75, 3.05) is 11.7 Å². The van der Waals surface area contributed by atoms with Crippen LogP contribution in [0.5, 0.6) is 17.2 Å². The second-order valence-electron chi connectivity index (χ2n) is 9.56. The number of carbonyl (C=O) groups is 3. The van der Waals surface area contributed by atoms with E-state index >= 15 is 0 Å². The summed E-state index contributed by atoms with van der Waals surface area (Å²) in [6.45, 7) is 2.06. The molecule has 3 heterocycles. The summed E-state index contributed by atoms with van der Waals surface area (Å²) in [6.07, 6.45) is 1.97. The Bertz CT molecular complexity index is 1490. The number of imide groups is 1. The molecule has 0 unspecified atom stereocenters. The van der Waals surface area contributed by atoms with Gasteiger partial charge in [0.25, 0.3) is 0 Å². The minimum Gasteiger partial charge on any atom is -0.454 e. The van der Waals surface area contributed by atoms with E-state index in [1.807, 2.05) is 55.5 Å². The summed E-state index contributed by atoms with van der Waals surface area (Å²) in [7, 11) is 0. The van der Waals surface area contributed by atoms with Crippen LogP contribution in [0.15, 0.2) is 72.8 Å². The molecule has 0 aromatic heterocycles. The quantitative estimate of drug-likeness (QED) is 0.311. The van der Waals surface area contributed by atoms with Crippen LogP contribution in [-0.4, -0.2) is 24.6 Å². The number of allylic oxidation sites excluding steroid dienone is 1. The Labute approximate surface area is 206 Å². The molecule has 3 aromatic rings. The summed E-state index contributed by atoms with van der Waals surface area (Å²) in [5, 5.41) is 0. The average Bonchev–Trinajstić information content (AvgIpc) is 3.45. The fourth-order valence-corrected chi connectivity index (χ4v) is 5.95. The second-order valence-corrected chi connectivity index (χ2v) is 9.56. The molecule has 0 bridgehead atoms. The fourth-order valence-electron chi connectivity index (χ4n) is 5.95. The van der Waals surface area contributed by atoms with Crippen molar-refractivity contribution in [2.24, 2.45) is 17.8 Å². The molecule has 1 fully saturated rings. The highest BCUT2D eigenvalue weighted by molar-refractivity contribution is 6.24. The third kappa shape index (κ3) is 2.89. The maximum absolute atomic E-state index is 13.9. The zero-order valence-corrected chi connectivity index (χ0v) is 19.3. The monoisotopic (exact) mass is 479 g/mol. The number of esters is 1. The van der Waals surface area contributed by atoms with Gasteiger partial charge >= 0.3 is 5.97 Å². The van der Waals surface area contributed by atoms with Crippen molar-refractivity contribution in [2.45, 2.75) is 12.8 Å². The van der Waals surface area contributed by atoms with Crippen LogP contribution in [-0.2, 0) is 14.4 Å². The van der Waals surface area contributed by atoms with E-state index in [0.717, 1.165) is 22.3 Å². The number of amides is 2. The van der Waals surface area contributed by atoms with E-state index in [-0.39, 0.29) is 18.6 Å².